The second-order valence-electron chi connectivity index (χ2n) is 3.83. The van der Waals surface area contributed by atoms with E-state index in [1.807, 2.05) is 0 Å². The van der Waals surface area contributed by atoms with Crippen molar-refractivity contribution in [1.29, 1.82) is 0 Å². The maximum atomic E-state index is 11.0. The second kappa shape index (κ2) is 3.48. The Balaban J connectivity index is 2.22. The van der Waals surface area contributed by atoms with Gasteiger partial charge in [0.2, 0.25) is 0 Å². The molecule has 1 aliphatic rings. The van der Waals surface area contributed by atoms with Gasteiger partial charge in [0.05, 0.1) is 15.7 Å². The Labute approximate surface area is 106 Å². The Bertz CT molecular complexity index is 649. The van der Waals surface area contributed by atoms with Gasteiger partial charge in [0, 0.05) is 17.5 Å². The minimum atomic E-state index is -1.01. The third-order valence-electron chi connectivity index (χ3n) is 2.85. The molecule has 6 heteroatoms. The summed E-state index contributed by atoms with van der Waals surface area (Å²) in [5.41, 5.74) is 3.26. The first-order chi connectivity index (χ1) is 8.08. The zero-order valence-corrected chi connectivity index (χ0v) is 9.93. The number of carboxylic acid groups (broad SMARTS) is 1. The number of benzene rings is 1. The molecular formula is C11H6Cl2N2O2. The fourth-order valence-electron chi connectivity index (χ4n) is 2.08. The Morgan fingerprint density at radius 3 is 2.76 bits per heavy atom. The van der Waals surface area contributed by atoms with E-state index in [2.05, 4.69) is 10.2 Å². The Morgan fingerprint density at radius 2 is 2.06 bits per heavy atom. The van der Waals surface area contributed by atoms with Gasteiger partial charge in [-0.3, -0.25) is 5.10 Å². The third-order valence-corrected chi connectivity index (χ3v) is 3.57. The lowest BCUT2D eigenvalue weighted by molar-refractivity contribution is 0.0689. The summed E-state index contributed by atoms with van der Waals surface area (Å²) in [6.45, 7) is 0. The fourth-order valence-corrected chi connectivity index (χ4v) is 2.43. The highest BCUT2D eigenvalue weighted by molar-refractivity contribution is 6.42. The maximum Gasteiger partial charge on any atom is 0.354 e. The van der Waals surface area contributed by atoms with Gasteiger partial charge >= 0.3 is 5.97 Å². The molecule has 4 nitrogen and oxygen atoms in total. The lowest BCUT2D eigenvalue weighted by Crippen LogP contribution is -2.00. The minimum absolute atomic E-state index is 0.128. The quantitative estimate of drug-likeness (QED) is 0.713. The smallest absolute Gasteiger partial charge is 0.354 e. The second-order valence-corrected chi connectivity index (χ2v) is 4.65. The highest BCUT2D eigenvalue weighted by Crippen LogP contribution is 2.40. The molecule has 0 fully saturated rings. The number of aromatic amines is 1. The predicted octanol–water partition coefficient (Wildman–Crippen LogP) is 2.99. The van der Waals surface area contributed by atoms with Gasteiger partial charge in [-0.05, 0) is 17.7 Å². The normalized spacial score (nSPS) is 12.4. The van der Waals surface area contributed by atoms with Crippen molar-refractivity contribution < 1.29 is 9.90 Å². The largest absolute Gasteiger partial charge is 0.477 e. The van der Waals surface area contributed by atoms with Crippen molar-refractivity contribution in [3.63, 3.8) is 0 Å². The topological polar surface area (TPSA) is 66.0 Å². The highest BCUT2D eigenvalue weighted by Gasteiger charge is 2.28. The average molecular weight is 269 g/mol. The van der Waals surface area contributed by atoms with E-state index in [-0.39, 0.29) is 5.69 Å². The van der Waals surface area contributed by atoms with Crippen LogP contribution in [0.2, 0.25) is 10.0 Å². The number of rotatable bonds is 1. The molecule has 17 heavy (non-hydrogen) atoms. The van der Waals surface area contributed by atoms with Crippen LogP contribution in [-0.2, 0) is 6.42 Å². The molecule has 0 saturated carbocycles. The molecule has 2 N–H and O–H groups in total. The summed E-state index contributed by atoms with van der Waals surface area (Å²) in [6.07, 6.45) is 0.514. The molecule has 0 aliphatic heterocycles. The molecule has 0 saturated heterocycles. The van der Waals surface area contributed by atoms with Crippen molar-refractivity contribution in [1.82, 2.24) is 10.2 Å². The number of hydrogen-bond donors (Lipinski definition) is 2. The molecule has 1 aliphatic carbocycles. The molecule has 0 amide bonds. The van der Waals surface area contributed by atoms with Gasteiger partial charge in [-0.1, -0.05) is 23.2 Å². The standard InChI is InChI=1S/C11H6Cl2N2O2/c12-7-2-4-1-6-9(5(4)3-8(7)13)14-15-10(6)11(16)17/h2-3H,1H2,(H,14,15)(H,16,17). The Hall–Kier alpha value is -1.52. The summed E-state index contributed by atoms with van der Waals surface area (Å²) in [5, 5.41) is 16.5. The number of carboxylic acids is 1. The zero-order chi connectivity index (χ0) is 12.2. The molecule has 0 atom stereocenters. The number of fused-ring (bicyclic) bond motifs is 3. The molecule has 0 spiro atoms. The summed E-state index contributed by atoms with van der Waals surface area (Å²) < 4.78 is 0. The molecule has 0 bridgehead atoms. The maximum absolute atomic E-state index is 11.0. The van der Waals surface area contributed by atoms with Crippen LogP contribution in [0.15, 0.2) is 12.1 Å². The first kappa shape index (κ1) is 10.6. The summed E-state index contributed by atoms with van der Waals surface area (Å²) in [4.78, 5) is 11.0. The van der Waals surface area contributed by atoms with Gasteiger partial charge in [-0.2, -0.15) is 5.10 Å². The van der Waals surface area contributed by atoms with Crippen LogP contribution in [0, 0.1) is 0 Å². The van der Waals surface area contributed by atoms with Crippen molar-refractivity contribution in [3.8, 4) is 11.3 Å². The van der Waals surface area contributed by atoms with Crippen LogP contribution in [0.4, 0.5) is 0 Å². The van der Waals surface area contributed by atoms with Crippen LogP contribution in [0.25, 0.3) is 11.3 Å². The molecule has 3 rings (SSSR count). The monoisotopic (exact) mass is 268 g/mol. The molecule has 1 aromatic heterocycles. The van der Waals surface area contributed by atoms with Crippen LogP contribution >= 0.6 is 23.2 Å². The number of halogens is 2. The van der Waals surface area contributed by atoms with Gasteiger partial charge < -0.3 is 5.11 Å². The van der Waals surface area contributed by atoms with E-state index in [0.717, 1.165) is 11.1 Å². The van der Waals surface area contributed by atoms with Gasteiger partial charge in [-0.25, -0.2) is 4.79 Å². The van der Waals surface area contributed by atoms with Crippen LogP contribution in [0.1, 0.15) is 21.6 Å². The number of hydrogen-bond acceptors (Lipinski definition) is 2. The van der Waals surface area contributed by atoms with Gasteiger partial charge in [0.1, 0.15) is 5.69 Å². The minimum Gasteiger partial charge on any atom is -0.477 e. The molecule has 1 heterocycles. The summed E-state index contributed by atoms with van der Waals surface area (Å²) in [5.74, 6) is -1.01. The SMILES string of the molecule is O=C(O)c1[nH]nc2c1Cc1cc(Cl)c(Cl)cc1-2. The zero-order valence-electron chi connectivity index (χ0n) is 8.42. The van der Waals surface area contributed by atoms with E-state index >= 15 is 0 Å². The number of aromatic carboxylic acids is 1. The van der Waals surface area contributed by atoms with Crippen LogP contribution < -0.4 is 0 Å². The van der Waals surface area contributed by atoms with E-state index in [9.17, 15) is 4.79 Å². The lowest BCUT2D eigenvalue weighted by Gasteiger charge is -2.01. The van der Waals surface area contributed by atoms with Crippen molar-refractivity contribution in [3.05, 3.63) is 39.0 Å². The number of carbonyl (C=O) groups is 1. The number of nitrogens with zero attached hydrogens (tertiary/aromatic N) is 1. The molecule has 2 aromatic rings. The lowest BCUT2D eigenvalue weighted by atomic mass is 10.1. The van der Waals surface area contributed by atoms with E-state index in [0.29, 0.717) is 27.7 Å². The van der Waals surface area contributed by atoms with Crippen molar-refractivity contribution in [2.45, 2.75) is 6.42 Å². The number of nitrogens with one attached hydrogen (secondary N) is 1. The van der Waals surface area contributed by atoms with Crippen molar-refractivity contribution >= 4 is 29.2 Å². The summed E-state index contributed by atoms with van der Waals surface area (Å²) >= 11 is 11.9. The van der Waals surface area contributed by atoms with Crippen LogP contribution in [0.5, 0.6) is 0 Å². The molecular weight excluding hydrogens is 263 g/mol. The van der Waals surface area contributed by atoms with Crippen molar-refractivity contribution in [2.75, 3.05) is 0 Å². The molecule has 1 aromatic carbocycles. The predicted molar refractivity (Wildman–Crippen MR) is 63.8 cm³/mol. The summed E-state index contributed by atoms with van der Waals surface area (Å²) in [6, 6.07) is 3.48. The van der Waals surface area contributed by atoms with Gasteiger partial charge in [0.15, 0.2) is 0 Å². The van der Waals surface area contributed by atoms with E-state index < -0.39 is 5.97 Å². The van der Waals surface area contributed by atoms with Crippen LogP contribution in [-0.4, -0.2) is 21.3 Å². The third kappa shape index (κ3) is 1.45. The molecule has 0 radical (unpaired) electrons. The first-order valence-electron chi connectivity index (χ1n) is 4.86. The van der Waals surface area contributed by atoms with E-state index in [1.165, 1.54) is 0 Å². The highest BCUT2D eigenvalue weighted by atomic mass is 35.5. The van der Waals surface area contributed by atoms with Gasteiger partial charge in [-0.15, -0.1) is 0 Å². The Kier molecular flexibility index (Phi) is 2.18. The van der Waals surface area contributed by atoms with E-state index in [1.54, 1.807) is 12.1 Å². The number of aromatic nitrogens is 2. The van der Waals surface area contributed by atoms with Crippen molar-refractivity contribution in [2.24, 2.45) is 0 Å². The first-order valence-corrected chi connectivity index (χ1v) is 5.62. The van der Waals surface area contributed by atoms with Gasteiger partial charge in [0.25, 0.3) is 0 Å². The van der Waals surface area contributed by atoms with E-state index in [4.69, 9.17) is 28.3 Å². The molecule has 0 unspecified atom stereocenters. The fraction of sp³-hybridized carbons (Fsp3) is 0.0909. The number of H-pyrrole nitrogens is 1. The Morgan fingerprint density at radius 1 is 1.35 bits per heavy atom. The summed E-state index contributed by atoms with van der Waals surface area (Å²) in [7, 11) is 0. The average Bonchev–Trinajstić information content (AvgIpc) is 2.78. The molecule has 86 valence electrons. The van der Waals surface area contributed by atoms with Crippen LogP contribution in [0.3, 0.4) is 0 Å².